The summed E-state index contributed by atoms with van der Waals surface area (Å²) < 4.78 is 5.09. The van der Waals surface area contributed by atoms with E-state index in [-0.39, 0.29) is 6.61 Å². The van der Waals surface area contributed by atoms with E-state index in [2.05, 4.69) is 12.2 Å². The first-order valence-electron chi connectivity index (χ1n) is 5.85. The molecule has 1 unspecified atom stereocenters. The lowest BCUT2D eigenvalue weighted by molar-refractivity contribution is 0.218. The van der Waals surface area contributed by atoms with Crippen molar-refractivity contribution in [3.05, 3.63) is 28.8 Å². The van der Waals surface area contributed by atoms with Gasteiger partial charge in [-0.2, -0.15) is 0 Å². The van der Waals surface area contributed by atoms with E-state index in [1.54, 1.807) is 7.11 Å². The Morgan fingerprint density at radius 1 is 1.47 bits per heavy atom. The molecule has 1 aromatic rings. The zero-order valence-electron chi connectivity index (χ0n) is 10.4. The smallest absolute Gasteiger partial charge is 0.120 e. The summed E-state index contributed by atoms with van der Waals surface area (Å²) in [6.07, 6.45) is 0.972. The highest BCUT2D eigenvalue weighted by Crippen LogP contribution is 2.22. The fourth-order valence-corrected chi connectivity index (χ4v) is 1.78. The van der Waals surface area contributed by atoms with Crippen molar-refractivity contribution in [2.45, 2.75) is 19.9 Å². The van der Waals surface area contributed by atoms with Gasteiger partial charge in [0.05, 0.1) is 7.11 Å². The van der Waals surface area contributed by atoms with Crippen molar-refractivity contribution >= 4 is 11.6 Å². The monoisotopic (exact) mass is 257 g/mol. The summed E-state index contributed by atoms with van der Waals surface area (Å²) in [7, 11) is 1.62. The van der Waals surface area contributed by atoms with Gasteiger partial charge in [-0.3, -0.25) is 0 Å². The topological polar surface area (TPSA) is 41.5 Å². The van der Waals surface area contributed by atoms with Crippen LogP contribution in [0, 0.1) is 5.92 Å². The first-order chi connectivity index (χ1) is 8.21. The molecule has 0 spiro atoms. The van der Waals surface area contributed by atoms with Crippen LogP contribution in [-0.4, -0.2) is 25.4 Å². The Morgan fingerprint density at radius 3 is 2.76 bits per heavy atom. The second-order valence-electron chi connectivity index (χ2n) is 4.05. The highest BCUT2D eigenvalue weighted by Gasteiger charge is 2.05. The van der Waals surface area contributed by atoms with E-state index in [1.807, 2.05) is 18.2 Å². The Labute approximate surface area is 108 Å². The maximum atomic E-state index is 9.06. The van der Waals surface area contributed by atoms with Gasteiger partial charge in [0.1, 0.15) is 5.75 Å². The largest absolute Gasteiger partial charge is 0.497 e. The van der Waals surface area contributed by atoms with Gasteiger partial charge in [0.25, 0.3) is 0 Å². The first kappa shape index (κ1) is 14.3. The number of aliphatic hydroxyl groups is 1. The molecule has 0 saturated heterocycles. The van der Waals surface area contributed by atoms with Gasteiger partial charge in [-0.15, -0.1) is 0 Å². The zero-order valence-corrected chi connectivity index (χ0v) is 11.1. The first-order valence-corrected chi connectivity index (χ1v) is 6.23. The van der Waals surface area contributed by atoms with Crippen molar-refractivity contribution < 1.29 is 9.84 Å². The van der Waals surface area contributed by atoms with Crippen LogP contribution in [0.1, 0.15) is 18.9 Å². The molecule has 17 heavy (non-hydrogen) atoms. The van der Waals surface area contributed by atoms with Gasteiger partial charge in [0, 0.05) is 24.7 Å². The van der Waals surface area contributed by atoms with Gasteiger partial charge in [0.15, 0.2) is 0 Å². The third kappa shape index (κ3) is 4.54. The molecule has 0 heterocycles. The Balaban J connectivity index is 2.46. The second kappa shape index (κ2) is 7.54. The van der Waals surface area contributed by atoms with Crippen LogP contribution in [0.15, 0.2) is 18.2 Å². The van der Waals surface area contributed by atoms with E-state index in [1.165, 1.54) is 0 Å². The minimum Gasteiger partial charge on any atom is -0.497 e. The van der Waals surface area contributed by atoms with Gasteiger partial charge in [0.2, 0.25) is 0 Å². The predicted octanol–water partition coefficient (Wildman–Crippen LogP) is 2.46. The average Bonchev–Trinajstić information content (AvgIpc) is 2.36. The number of methoxy groups -OCH3 is 1. The van der Waals surface area contributed by atoms with Crippen LogP contribution in [0.4, 0.5) is 0 Å². The zero-order chi connectivity index (χ0) is 12.7. The lowest BCUT2D eigenvalue weighted by atomic mass is 10.1. The van der Waals surface area contributed by atoms with Gasteiger partial charge in [-0.1, -0.05) is 24.6 Å². The van der Waals surface area contributed by atoms with Crippen molar-refractivity contribution in [3.63, 3.8) is 0 Å². The Bertz CT molecular complexity index is 340. The molecule has 2 N–H and O–H groups in total. The summed E-state index contributed by atoms with van der Waals surface area (Å²) >= 11 is 6.12. The minimum atomic E-state index is 0.222. The molecule has 3 nitrogen and oxygen atoms in total. The number of hydrogen-bond acceptors (Lipinski definition) is 3. The van der Waals surface area contributed by atoms with Crippen molar-refractivity contribution in [3.8, 4) is 5.75 Å². The number of hydrogen-bond donors (Lipinski definition) is 2. The van der Waals surface area contributed by atoms with Crippen LogP contribution in [0.5, 0.6) is 5.75 Å². The van der Waals surface area contributed by atoms with Gasteiger partial charge < -0.3 is 15.2 Å². The highest BCUT2D eigenvalue weighted by atomic mass is 35.5. The summed E-state index contributed by atoms with van der Waals surface area (Å²) in [5, 5.41) is 13.1. The molecule has 0 saturated carbocycles. The van der Waals surface area contributed by atoms with E-state index in [0.717, 1.165) is 24.3 Å². The Hall–Kier alpha value is -0.770. The maximum absolute atomic E-state index is 9.06. The molecule has 0 bridgehead atoms. The summed E-state index contributed by atoms with van der Waals surface area (Å²) in [6, 6.07) is 5.65. The molecule has 96 valence electrons. The molecule has 0 radical (unpaired) electrons. The molecule has 0 aromatic heterocycles. The molecular weight excluding hydrogens is 238 g/mol. The standard InChI is InChI=1S/C13H20ClNO2/c1-3-10(9-16)7-15-8-11-4-5-12(17-2)6-13(11)14/h4-6,10,15-16H,3,7-9H2,1-2H3. The lowest BCUT2D eigenvalue weighted by Crippen LogP contribution is -2.24. The number of benzene rings is 1. The van der Waals surface area contributed by atoms with Crippen LogP contribution in [0.2, 0.25) is 5.02 Å². The van der Waals surface area contributed by atoms with Crippen molar-refractivity contribution in [2.75, 3.05) is 20.3 Å². The van der Waals surface area contributed by atoms with Crippen molar-refractivity contribution in [2.24, 2.45) is 5.92 Å². The quantitative estimate of drug-likeness (QED) is 0.789. The lowest BCUT2D eigenvalue weighted by Gasteiger charge is -2.13. The fraction of sp³-hybridized carbons (Fsp3) is 0.538. The fourth-order valence-electron chi connectivity index (χ4n) is 1.55. The van der Waals surface area contributed by atoms with Crippen molar-refractivity contribution in [1.29, 1.82) is 0 Å². The van der Waals surface area contributed by atoms with Crippen LogP contribution in [0.25, 0.3) is 0 Å². The van der Waals surface area contributed by atoms with Gasteiger partial charge in [-0.25, -0.2) is 0 Å². The molecule has 0 aliphatic rings. The Morgan fingerprint density at radius 2 is 2.24 bits per heavy atom. The van der Waals surface area contributed by atoms with E-state index in [4.69, 9.17) is 21.4 Å². The predicted molar refractivity (Wildman–Crippen MR) is 70.6 cm³/mol. The van der Waals surface area contributed by atoms with Crippen LogP contribution < -0.4 is 10.1 Å². The van der Waals surface area contributed by atoms with Gasteiger partial charge in [-0.05, 0) is 30.0 Å². The van der Waals surface area contributed by atoms with Crippen LogP contribution >= 0.6 is 11.6 Å². The van der Waals surface area contributed by atoms with E-state index in [9.17, 15) is 0 Å². The molecule has 0 aliphatic heterocycles. The molecule has 1 rings (SSSR count). The van der Waals surface area contributed by atoms with Crippen molar-refractivity contribution in [1.82, 2.24) is 5.32 Å². The minimum absolute atomic E-state index is 0.222. The summed E-state index contributed by atoms with van der Waals surface area (Å²) in [5.41, 5.74) is 1.04. The molecule has 4 heteroatoms. The summed E-state index contributed by atoms with van der Waals surface area (Å²) in [6.45, 7) is 3.80. The molecule has 0 aliphatic carbocycles. The van der Waals surface area contributed by atoms with E-state index in [0.29, 0.717) is 17.5 Å². The van der Waals surface area contributed by atoms with Crippen LogP contribution in [-0.2, 0) is 6.54 Å². The number of ether oxygens (including phenoxy) is 1. The maximum Gasteiger partial charge on any atom is 0.120 e. The van der Waals surface area contributed by atoms with E-state index < -0.39 is 0 Å². The summed E-state index contributed by atoms with van der Waals surface area (Å²) in [5.74, 6) is 1.08. The highest BCUT2D eigenvalue weighted by molar-refractivity contribution is 6.31. The number of aliphatic hydroxyl groups excluding tert-OH is 1. The molecule has 0 amide bonds. The summed E-state index contributed by atoms with van der Waals surface area (Å²) in [4.78, 5) is 0. The average molecular weight is 258 g/mol. The number of rotatable bonds is 7. The van der Waals surface area contributed by atoms with Gasteiger partial charge >= 0.3 is 0 Å². The third-order valence-electron chi connectivity index (χ3n) is 2.84. The second-order valence-corrected chi connectivity index (χ2v) is 4.45. The number of nitrogens with one attached hydrogen (secondary N) is 1. The van der Waals surface area contributed by atoms with Crippen LogP contribution in [0.3, 0.4) is 0 Å². The number of halogens is 1. The molecular formula is C13H20ClNO2. The Kier molecular flexibility index (Phi) is 6.34. The SMILES string of the molecule is CCC(CO)CNCc1ccc(OC)cc1Cl. The molecule has 1 aromatic carbocycles. The molecule has 0 fully saturated rings. The normalized spacial score (nSPS) is 12.5. The van der Waals surface area contributed by atoms with E-state index >= 15 is 0 Å². The third-order valence-corrected chi connectivity index (χ3v) is 3.20. The molecule has 1 atom stereocenters.